The largest absolute Gasteiger partial charge is 0.376 e. The Morgan fingerprint density at radius 1 is 1.06 bits per heavy atom. The number of carbonyl (C=O) groups excluding carboxylic acids is 1. The molecule has 6 heteroatoms. The van der Waals surface area contributed by atoms with Gasteiger partial charge in [0.1, 0.15) is 0 Å². The first-order chi connectivity index (χ1) is 17.2. The number of hydrogen-bond acceptors (Lipinski definition) is 4. The van der Waals surface area contributed by atoms with Crippen molar-refractivity contribution in [2.24, 2.45) is 0 Å². The molecule has 3 heterocycles. The van der Waals surface area contributed by atoms with Crippen LogP contribution in [0, 0.1) is 0 Å². The molecule has 1 aliphatic rings. The molecule has 35 heavy (non-hydrogen) atoms. The molecule has 3 aromatic carbocycles. The van der Waals surface area contributed by atoms with Crippen LogP contribution in [0.1, 0.15) is 28.9 Å². The van der Waals surface area contributed by atoms with Gasteiger partial charge in [-0.2, -0.15) is 0 Å². The average molecular weight is 482 g/mol. The van der Waals surface area contributed by atoms with Crippen molar-refractivity contribution < 1.29 is 9.53 Å². The number of amides is 1. The van der Waals surface area contributed by atoms with Crippen molar-refractivity contribution in [3.05, 3.63) is 95.6 Å². The SMILES string of the molecule is O=C(c1ccccc1)N(CCc1csc2nc(-c3ccc4ccccc4c3)cn12)CC1CCCO1. The fourth-order valence-electron chi connectivity index (χ4n) is 4.82. The summed E-state index contributed by atoms with van der Waals surface area (Å²) in [4.78, 5) is 21.1. The van der Waals surface area contributed by atoms with Crippen molar-refractivity contribution in [1.82, 2.24) is 14.3 Å². The van der Waals surface area contributed by atoms with Crippen molar-refractivity contribution in [1.29, 1.82) is 0 Å². The molecular weight excluding hydrogens is 454 g/mol. The van der Waals surface area contributed by atoms with Crippen LogP contribution >= 0.6 is 11.3 Å². The van der Waals surface area contributed by atoms with E-state index in [-0.39, 0.29) is 12.0 Å². The summed E-state index contributed by atoms with van der Waals surface area (Å²) >= 11 is 1.65. The van der Waals surface area contributed by atoms with E-state index in [1.807, 2.05) is 35.2 Å². The monoisotopic (exact) mass is 481 g/mol. The van der Waals surface area contributed by atoms with Gasteiger partial charge in [-0.1, -0.05) is 54.6 Å². The Balaban J connectivity index is 1.23. The number of imidazole rings is 1. The van der Waals surface area contributed by atoms with Gasteiger partial charge in [0.2, 0.25) is 0 Å². The molecule has 1 fully saturated rings. The second kappa shape index (κ2) is 9.64. The van der Waals surface area contributed by atoms with Crippen molar-refractivity contribution in [3.63, 3.8) is 0 Å². The van der Waals surface area contributed by atoms with Gasteiger partial charge < -0.3 is 9.64 Å². The average Bonchev–Trinajstić information content (AvgIpc) is 3.65. The maximum absolute atomic E-state index is 13.3. The predicted octanol–water partition coefficient (Wildman–Crippen LogP) is 6.08. The summed E-state index contributed by atoms with van der Waals surface area (Å²) in [6.45, 7) is 2.06. The van der Waals surface area contributed by atoms with Crippen LogP contribution in [-0.2, 0) is 11.2 Å². The third-order valence-electron chi connectivity index (χ3n) is 6.72. The first kappa shape index (κ1) is 22.0. The molecule has 1 saturated heterocycles. The third-order valence-corrected chi connectivity index (χ3v) is 7.61. The summed E-state index contributed by atoms with van der Waals surface area (Å²) in [5.74, 6) is 0.0649. The lowest BCUT2D eigenvalue weighted by molar-refractivity contribution is 0.0528. The number of benzene rings is 3. The highest BCUT2D eigenvalue weighted by molar-refractivity contribution is 7.15. The van der Waals surface area contributed by atoms with E-state index in [2.05, 4.69) is 58.4 Å². The molecule has 0 aliphatic carbocycles. The third kappa shape index (κ3) is 4.59. The van der Waals surface area contributed by atoms with E-state index in [0.717, 1.165) is 47.7 Å². The van der Waals surface area contributed by atoms with E-state index in [4.69, 9.17) is 9.72 Å². The molecule has 5 nitrogen and oxygen atoms in total. The lowest BCUT2D eigenvalue weighted by atomic mass is 10.1. The molecule has 0 spiro atoms. The van der Waals surface area contributed by atoms with Gasteiger partial charge in [0, 0.05) is 54.5 Å². The van der Waals surface area contributed by atoms with Gasteiger partial charge in [-0.05, 0) is 41.8 Å². The fraction of sp³-hybridized carbons (Fsp3) is 0.241. The first-order valence-electron chi connectivity index (χ1n) is 12.2. The number of hydrogen-bond donors (Lipinski definition) is 0. The molecule has 0 bridgehead atoms. The van der Waals surface area contributed by atoms with Gasteiger partial charge in [-0.25, -0.2) is 4.98 Å². The Hall–Kier alpha value is -3.48. The highest BCUT2D eigenvalue weighted by Gasteiger charge is 2.24. The molecular formula is C29H27N3O2S. The molecule has 1 amide bonds. The number of aromatic nitrogens is 2. The normalized spacial score (nSPS) is 15.7. The summed E-state index contributed by atoms with van der Waals surface area (Å²) in [6, 6.07) is 24.4. The molecule has 0 saturated carbocycles. The number of thiazole rings is 1. The smallest absolute Gasteiger partial charge is 0.253 e. The number of fused-ring (bicyclic) bond motifs is 2. The Labute approximate surface area is 208 Å². The molecule has 6 rings (SSSR count). The molecule has 0 N–H and O–H groups in total. The highest BCUT2D eigenvalue weighted by Crippen LogP contribution is 2.27. The van der Waals surface area contributed by atoms with Gasteiger partial charge in [-0.15, -0.1) is 11.3 Å². The van der Waals surface area contributed by atoms with Crippen LogP contribution in [-0.4, -0.2) is 46.0 Å². The van der Waals surface area contributed by atoms with Gasteiger partial charge >= 0.3 is 0 Å². The minimum atomic E-state index is 0.0649. The van der Waals surface area contributed by atoms with E-state index in [9.17, 15) is 4.79 Å². The molecule has 0 radical (unpaired) electrons. The summed E-state index contributed by atoms with van der Waals surface area (Å²) in [6.07, 6.45) is 5.08. The predicted molar refractivity (Wildman–Crippen MR) is 141 cm³/mol. The minimum Gasteiger partial charge on any atom is -0.376 e. The van der Waals surface area contributed by atoms with Crippen LogP contribution in [0.2, 0.25) is 0 Å². The lowest BCUT2D eigenvalue weighted by Gasteiger charge is -2.25. The Bertz CT molecular complexity index is 1470. The quantitative estimate of drug-likeness (QED) is 0.283. The van der Waals surface area contributed by atoms with Crippen molar-refractivity contribution in [2.45, 2.75) is 25.4 Å². The van der Waals surface area contributed by atoms with Crippen LogP contribution in [0.25, 0.3) is 27.0 Å². The molecule has 2 aromatic heterocycles. The maximum Gasteiger partial charge on any atom is 0.253 e. The van der Waals surface area contributed by atoms with E-state index < -0.39 is 0 Å². The Morgan fingerprint density at radius 2 is 1.89 bits per heavy atom. The van der Waals surface area contributed by atoms with Gasteiger partial charge in [0.25, 0.3) is 5.91 Å². The molecule has 1 unspecified atom stereocenters. The van der Waals surface area contributed by atoms with Crippen molar-refractivity contribution in [3.8, 4) is 11.3 Å². The first-order valence-corrected chi connectivity index (χ1v) is 13.0. The summed E-state index contributed by atoms with van der Waals surface area (Å²) in [5, 5.41) is 4.60. The number of nitrogens with zero attached hydrogens (tertiary/aromatic N) is 3. The van der Waals surface area contributed by atoms with Crippen LogP contribution in [0.15, 0.2) is 84.4 Å². The van der Waals surface area contributed by atoms with Gasteiger partial charge in [-0.3, -0.25) is 9.20 Å². The standard InChI is InChI=1S/C29H27N3O2S/c33-28(22-8-2-1-3-9-22)31(18-26-11-6-16-34-26)15-14-25-20-35-29-30-27(19-32(25)29)24-13-12-21-7-4-5-10-23(21)17-24/h1-5,7-10,12-13,17,19-20,26H,6,11,14-16,18H2. The molecule has 1 atom stereocenters. The minimum absolute atomic E-state index is 0.0649. The zero-order valence-corrected chi connectivity index (χ0v) is 20.3. The van der Waals surface area contributed by atoms with Crippen LogP contribution in [0.4, 0.5) is 0 Å². The fourth-order valence-corrected chi connectivity index (χ4v) is 5.73. The van der Waals surface area contributed by atoms with E-state index in [0.29, 0.717) is 13.1 Å². The zero-order chi connectivity index (χ0) is 23.6. The van der Waals surface area contributed by atoms with Crippen LogP contribution < -0.4 is 0 Å². The van der Waals surface area contributed by atoms with Gasteiger partial charge in [0.15, 0.2) is 4.96 Å². The second-order valence-electron chi connectivity index (χ2n) is 9.07. The second-order valence-corrected chi connectivity index (χ2v) is 9.91. The van der Waals surface area contributed by atoms with Crippen LogP contribution in [0.5, 0.6) is 0 Å². The summed E-state index contributed by atoms with van der Waals surface area (Å²) in [7, 11) is 0. The molecule has 176 valence electrons. The van der Waals surface area contributed by atoms with E-state index in [1.165, 1.54) is 16.5 Å². The number of ether oxygens (including phenoxy) is 1. The molecule has 1 aliphatic heterocycles. The summed E-state index contributed by atoms with van der Waals surface area (Å²) < 4.78 is 8.03. The van der Waals surface area contributed by atoms with E-state index in [1.54, 1.807) is 11.3 Å². The highest BCUT2D eigenvalue weighted by atomic mass is 32.1. The van der Waals surface area contributed by atoms with Crippen molar-refractivity contribution in [2.75, 3.05) is 19.7 Å². The van der Waals surface area contributed by atoms with Gasteiger partial charge in [0.05, 0.1) is 11.8 Å². The lowest BCUT2D eigenvalue weighted by Crippen LogP contribution is -2.38. The number of rotatable bonds is 7. The Kier molecular flexibility index (Phi) is 6.06. The van der Waals surface area contributed by atoms with Crippen LogP contribution in [0.3, 0.4) is 0 Å². The summed E-state index contributed by atoms with van der Waals surface area (Å²) in [5.41, 5.74) is 3.98. The maximum atomic E-state index is 13.3. The topological polar surface area (TPSA) is 46.8 Å². The van der Waals surface area contributed by atoms with Crippen molar-refractivity contribution >= 4 is 33.0 Å². The van der Waals surface area contributed by atoms with E-state index >= 15 is 0 Å². The zero-order valence-electron chi connectivity index (χ0n) is 19.5. The Morgan fingerprint density at radius 3 is 2.71 bits per heavy atom. The number of carbonyl (C=O) groups is 1. The molecule has 5 aromatic rings.